The lowest BCUT2D eigenvalue weighted by Crippen LogP contribution is -2.12. The molecule has 4 heteroatoms. The van der Waals surface area contributed by atoms with Gasteiger partial charge in [-0.2, -0.15) is 0 Å². The van der Waals surface area contributed by atoms with Crippen LogP contribution in [0.3, 0.4) is 0 Å². The maximum atomic E-state index is 13.4. The van der Waals surface area contributed by atoms with Crippen LogP contribution in [0, 0.1) is 11.7 Å². The number of benzene rings is 1. The molecular weight excluding hydrogens is 285 g/mol. The summed E-state index contributed by atoms with van der Waals surface area (Å²) in [7, 11) is 0. The lowest BCUT2D eigenvalue weighted by molar-refractivity contribution is 0.293. The molecular formula is C13H17BrFNO. The van der Waals surface area contributed by atoms with Gasteiger partial charge < -0.3 is 10.5 Å². The van der Waals surface area contributed by atoms with Gasteiger partial charge in [0, 0.05) is 5.56 Å². The number of rotatable bonds is 5. The molecule has 0 bridgehead atoms. The van der Waals surface area contributed by atoms with Crippen molar-refractivity contribution in [3.63, 3.8) is 0 Å². The van der Waals surface area contributed by atoms with Crippen LogP contribution in [0.25, 0.3) is 0 Å². The van der Waals surface area contributed by atoms with Crippen LogP contribution in [0.4, 0.5) is 4.39 Å². The van der Waals surface area contributed by atoms with Crippen LogP contribution < -0.4 is 10.5 Å². The van der Waals surface area contributed by atoms with E-state index < -0.39 is 0 Å². The molecule has 1 aliphatic carbocycles. The summed E-state index contributed by atoms with van der Waals surface area (Å²) in [5.41, 5.74) is 6.50. The van der Waals surface area contributed by atoms with Gasteiger partial charge in [0.2, 0.25) is 0 Å². The maximum Gasteiger partial charge on any atom is 0.137 e. The minimum atomic E-state index is -0.258. The van der Waals surface area contributed by atoms with Crippen molar-refractivity contribution in [1.82, 2.24) is 0 Å². The van der Waals surface area contributed by atoms with Gasteiger partial charge in [-0.15, -0.1) is 0 Å². The summed E-state index contributed by atoms with van der Waals surface area (Å²) in [4.78, 5) is 0. The second kappa shape index (κ2) is 5.36. The minimum absolute atomic E-state index is 0.0937. The summed E-state index contributed by atoms with van der Waals surface area (Å²) in [6, 6.07) is 2.96. The van der Waals surface area contributed by atoms with E-state index in [4.69, 9.17) is 10.5 Å². The number of hydrogen-bond acceptors (Lipinski definition) is 2. The highest BCUT2D eigenvalue weighted by Gasteiger charge is 2.24. The van der Waals surface area contributed by atoms with Crippen LogP contribution in [0.2, 0.25) is 0 Å². The fourth-order valence-corrected chi connectivity index (χ4v) is 2.27. The highest BCUT2D eigenvalue weighted by Crippen LogP contribution is 2.37. The Hall–Kier alpha value is -0.610. The Morgan fingerprint density at radius 2 is 2.24 bits per heavy atom. The van der Waals surface area contributed by atoms with Crippen LogP contribution >= 0.6 is 15.9 Å². The quantitative estimate of drug-likeness (QED) is 0.904. The summed E-state index contributed by atoms with van der Waals surface area (Å²) in [5.74, 6) is 1.26. The molecule has 2 rings (SSSR count). The standard InChI is InChI=1S/C13H17BrFNO/c1-8(6-16)11-4-10(15)5-12(14)13(11)17-7-9-2-3-9/h4-5,8-9H,2-3,6-7,16H2,1H3. The van der Waals surface area contributed by atoms with Crippen molar-refractivity contribution in [2.24, 2.45) is 11.7 Å². The van der Waals surface area contributed by atoms with Crippen molar-refractivity contribution < 1.29 is 9.13 Å². The molecule has 2 nitrogen and oxygen atoms in total. The van der Waals surface area contributed by atoms with Crippen molar-refractivity contribution in [2.45, 2.75) is 25.7 Å². The third kappa shape index (κ3) is 3.19. The van der Waals surface area contributed by atoms with Gasteiger partial charge >= 0.3 is 0 Å². The number of ether oxygens (including phenoxy) is 1. The van der Waals surface area contributed by atoms with Crippen LogP contribution in [0.15, 0.2) is 16.6 Å². The van der Waals surface area contributed by atoms with Crippen LogP contribution in [-0.2, 0) is 0 Å². The lowest BCUT2D eigenvalue weighted by Gasteiger charge is -2.17. The smallest absolute Gasteiger partial charge is 0.137 e. The molecule has 0 aromatic heterocycles. The molecule has 1 fully saturated rings. The number of hydrogen-bond donors (Lipinski definition) is 1. The van der Waals surface area contributed by atoms with Gasteiger partial charge in [0.1, 0.15) is 11.6 Å². The average Bonchev–Trinajstić information content (AvgIpc) is 3.09. The zero-order valence-electron chi connectivity index (χ0n) is 9.88. The fraction of sp³-hybridized carbons (Fsp3) is 0.538. The minimum Gasteiger partial charge on any atom is -0.492 e. The Balaban J connectivity index is 2.24. The summed E-state index contributed by atoms with van der Waals surface area (Å²) in [5, 5.41) is 0. The van der Waals surface area contributed by atoms with E-state index in [0.29, 0.717) is 23.5 Å². The van der Waals surface area contributed by atoms with E-state index in [1.165, 1.54) is 25.0 Å². The molecule has 0 aliphatic heterocycles. The largest absolute Gasteiger partial charge is 0.492 e. The van der Waals surface area contributed by atoms with Gasteiger partial charge in [-0.05, 0) is 59.3 Å². The third-order valence-corrected chi connectivity index (χ3v) is 3.67. The van der Waals surface area contributed by atoms with Gasteiger partial charge in [-0.3, -0.25) is 0 Å². The third-order valence-electron chi connectivity index (χ3n) is 3.08. The van der Waals surface area contributed by atoms with E-state index in [2.05, 4.69) is 15.9 Å². The molecule has 94 valence electrons. The number of halogens is 2. The number of nitrogens with two attached hydrogens (primary N) is 1. The summed E-state index contributed by atoms with van der Waals surface area (Å²) in [6.07, 6.45) is 2.47. The molecule has 1 atom stereocenters. The Kier molecular flexibility index (Phi) is 4.05. The zero-order chi connectivity index (χ0) is 12.4. The molecule has 17 heavy (non-hydrogen) atoms. The molecule has 2 N–H and O–H groups in total. The van der Waals surface area contributed by atoms with E-state index in [0.717, 1.165) is 11.3 Å². The Morgan fingerprint density at radius 3 is 2.82 bits per heavy atom. The van der Waals surface area contributed by atoms with E-state index in [-0.39, 0.29) is 11.7 Å². The predicted octanol–water partition coefficient (Wildman–Crippen LogP) is 3.44. The Morgan fingerprint density at radius 1 is 1.53 bits per heavy atom. The first-order valence-corrected chi connectivity index (χ1v) is 6.73. The zero-order valence-corrected chi connectivity index (χ0v) is 11.5. The molecule has 0 spiro atoms. The Labute approximate surface area is 109 Å². The first-order chi connectivity index (χ1) is 8.11. The lowest BCUT2D eigenvalue weighted by atomic mass is 10.0. The van der Waals surface area contributed by atoms with Gasteiger partial charge in [-0.25, -0.2) is 4.39 Å². The maximum absolute atomic E-state index is 13.4. The molecule has 0 radical (unpaired) electrons. The molecule has 0 heterocycles. The van der Waals surface area contributed by atoms with E-state index in [1.807, 2.05) is 6.92 Å². The summed E-state index contributed by atoms with van der Waals surface area (Å²) < 4.78 is 19.9. The molecule has 0 amide bonds. The normalized spacial score (nSPS) is 16.9. The van der Waals surface area contributed by atoms with Crippen molar-refractivity contribution in [3.8, 4) is 5.75 Å². The average molecular weight is 302 g/mol. The van der Waals surface area contributed by atoms with E-state index >= 15 is 0 Å². The molecule has 1 saturated carbocycles. The van der Waals surface area contributed by atoms with Crippen LogP contribution in [-0.4, -0.2) is 13.2 Å². The van der Waals surface area contributed by atoms with Crippen LogP contribution in [0.1, 0.15) is 31.2 Å². The molecule has 1 aromatic rings. The first-order valence-electron chi connectivity index (χ1n) is 5.93. The van der Waals surface area contributed by atoms with Crippen molar-refractivity contribution >= 4 is 15.9 Å². The van der Waals surface area contributed by atoms with Gasteiger partial charge in [-0.1, -0.05) is 6.92 Å². The van der Waals surface area contributed by atoms with E-state index in [9.17, 15) is 4.39 Å². The van der Waals surface area contributed by atoms with Gasteiger partial charge in [0.25, 0.3) is 0 Å². The monoisotopic (exact) mass is 301 g/mol. The summed E-state index contributed by atoms with van der Waals surface area (Å²) >= 11 is 3.36. The molecule has 1 aromatic carbocycles. The predicted molar refractivity (Wildman–Crippen MR) is 69.8 cm³/mol. The van der Waals surface area contributed by atoms with Crippen molar-refractivity contribution in [1.29, 1.82) is 0 Å². The molecule has 1 unspecified atom stereocenters. The Bertz CT molecular complexity index is 407. The van der Waals surface area contributed by atoms with E-state index in [1.54, 1.807) is 0 Å². The fourth-order valence-electron chi connectivity index (χ4n) is 1.71. The second-order valence-corrected chi connectivity index (χ2v) is 5.55. The van der Waals surface area contributed by atoms with Gasteiger partial charge in [0.15, 0.2) is 0 Å². The topological polar surface area (TPSA) is 35.2 Å². The second-order valence-electron chi connectivity index (χ2n) is 4.70. The SMILES string of the molecule is CC(CN)c1cc(F)cc(Br)c1OCC1CC1. The molecule has 1 aliphatic rings. The summed E-state index contributed by atoms with van der Waals surface area (Å²) in [6.45, 7) is 3.18. The highest BCUT2D eigenvalue weighted by molar-refractivity contribution is 9.10. The van der Waals surface area contributed by atoms with Gasteiger partial charge in [0.05, 0.1) is 11.1 Å². The van der Waals surface area contributed by atoms with Crippen LogP contribution in [0.5, 0.6) is 5.75 Å². The highest BCUT2D eigenvalue weighted by atomic mass is 79.9. The molecule has 0 saturated heterocycles. The van der Waals surface area contributed by atoms with Crippen molar-refractivity contribution in [3.05, 3.63) is 28.0 Å². The van der Waals surface area contributed by atoms with Crippen molar-refractivity contribution in [2.75, 3.05) is 13.2 Å². The first kappa shape index (κ1) is 12.8.